The topological polar surface area (TPSA) is 66.4 Å². The minimum atomic E-state index is -0.986. The third-order valence-corrected chi connectivity index (χ3v) is 5.27. The molecular formula is C12H16INO3S. The summed E-state index contributed by atoms with van der Waals surface area (Å²) in [6.07, 6.45) is 0.433. The van der Waals surface area contributed by atoms with Crippen molar-refractivity contribution in [2.24, 2.45) is 5.92 Å². The molecule has 2 N–H and O–H groups in total. The summed E-state index contributed by atoms with van der Waals surface area (Å²) in [5, 5.41) is 13.6. The van der Waals surface area contributed by atoms with Gasteiger partial charge in [-0.15, -0.1) is 11.3 Å². The van der Waals surface area contributed by atoms with Crippen LogP contribution in [0.2, 0.25) is 0 Å². The van der Waals surface area contributed by atoms with Crippen molar-refractivity contribution in [1.29, 1.82) is 0 Å². The Bertz CT molecular complexity index is 456. The van der Waals surface area contributed by atoms with Crippen LogP contribution in [0.15, 0.2) is 5.38 Å². The second-order valence-corrected chi connectivity index (χ2v) is 6.51. The third-order valence-electron chi connectivity index (χ3n) is 2.42. The number of hydrogen-bond donors (Lipinski definition) is 2. The number of thiophene rings is 1. The molecule has 100 valence electrons. The van der Waals surface area contributed by atoms with Crippen molar-refractivity contribution in [1.82, 2.24) is 5.32 Å². The van der Waals surface area contributed by atoms with E-state index in [0.717, 1.165) is 9.13 Å². The van der Waals surface area contributed by atoms with Crippen molar-refractivity contribution in [2.75, 3.05) is 0 Å². The molecule has 1 aromatic rings. The number of rotatable bonds is 5. The Labute approximate surface area is 124 Å². The second kappa shape index (κ2) is 6.51. The molecule has 1 rings (SSSR count). The summed E-state index contributed by atoms with van der Waals surface area (Å²) in [7, 11) is 0. The van der Waals surface area contributed by atoms with E-state index in [1.54, 1.807) is 0 Å². The van der Waals surface area contributed by atoms with Crippen molar-refractivity contribution in [2.45, 2.75) is 33.2 Å². The molecule has 6 heteroatoms. The summed E-state index contributed by atoms with van der Waals surface area (Å²) < 4.78 is 0.892. The summed E-state index contributed by atoms with van der Waals surface area (Å²) >= 11 is 3.45. The fourth-order valence-corrected chi connectivity index (χ4v) is 3.34. The van der Waals surface area contributed by atoms with E-state index >= 15 is 0 Å². The molecule has 0 unspecified atom stereocenters. The van der Waals surface area contributed by atoms with Gasteiger partial charge < -0.3 is 10.4 Å². The summed E-state index contributed by atoms with van der Waals surface area (Å²) in [4.78, 5) is 23.7. The van der Waals surface area contributed by atoms with E-state index in [-0.39, 0.29) is 11.8 Å². The van der Waals surface area contributed by atoms with Gasteiger partial charge in [-0.25, -0.2) is 4.79 Å². The molecule has 0 saturated carbocycles. The van der Waals surface area contributed by atoms with Gasteiger partial charge in [0.2, 0.25) is 0 Å². The molecule has 0 aliphatic carbocycles. The van der Waals surface area contributed by atoms with Crippen molar-refractivity contribution in [3.05, 3.63) is 19.4 Å². The fourth-order valence-electron chi connectivity index (χ4n) is 1.50. The summed E-state index contributed by atoms with van der Waals surface area (Å²) in [6, 6.07) is -0.823. The highest BCUT2D eigenvalue weighted by Crippen LogP contribution is 2.23. The molecule has 0 bridgehead atoms. The zero-order chi connectivity index (χ0) is 13.9. The Morgan fingerprint density at radius 2 is 2.11 bits per heavy atom. The Kier molecular flexibility index (Phi) is 5.58. The van der Waals surface area contributed by atoms with Crippen LogP contribution >= 0.6 is 33.9 Å². The van der Waals surface area contributed by atoms with Crippen LogP contribution in [0, 0.1) is 16.4 Å². The Hall–Kier alpha value is -0.630. The van der Waals surface area contributed by atoms with E-state index in [9.17, 15) is 9.59 Å². The average molecular weight is 381 g/mol. The molecule has 0 radical (unpaired) electrons. The summed E-state index contributed by atoms with van der Waals surface area (Å²) in [5.41, 5.74) is 1.04. The van der Waals surface area contributed by atoms with Gasteiger partial charge in [-0.05, 0) is 52.8 Å². The lowest BCUT2D eigenvalue weighted by Gasteiger charge is -2.16. The largest absolute Gasteiger partial charge is 0.480 e. The van der Waals surface area contributed by atoms with Crippen LogP contribution in [0.3, 0.4) is 0 Å². The normalized spacial score (nSPS) is 12.5. The second-order valence-electron chi connectivity index (χ2n) is 4.56. The van der Waals surface area contributed by atoms with Gasteiger partial charge in [-0.1, -0.05) is 13.8 Å². The smallest absolute Gasteiger partial charge is 0.326 e. The molecule has 0 aromatic carbocycles. The minimum Gasteiger partial charge on any atom is -0.480 e. The number of nitrogens with one attached hydrogen (secondary N) is 1. The van der Waals surface area contributed by atoms with Gasteiger partial charge >= 0.3 is 5.97 Å². The SMILES string of the molecule is Cc1csc(C(=O)N[C@@H](CC(C)C)C(=O)O)c1I. The fraction of sp³-hybridized carbons (Fsp3) is 0.500. The molecule has 1 atom stereocenters. The number of carboxylic acid groups (broad SMARTS) is 1. The first-order valence-corrected chi connectivity index (χ1v) is 7.56. The summed E-state index contributed by atoms with van der Waals surface area (Å²) in [6.45, 7) is 5.79. The van der Waals surface area contributed by atoms with Crippen LogP contribution in [-0.2, 0) is 4.79 Å². The molecule has 0 saturated heterocycles. The number of amides is 1. The standard InChI is InChI=1S/C12H16INO3S/c1-6(2)4-8(12(16)17)14-11(15)10-9(13)7(3)5-18-10/h5-6,8H,4H2,1-3H3,(H,14,15)(H,16,17)/t8-/m0/s1. The number of halogens is 1. The Morgan fingerprint density at radius 3 is 2.50 bits per heavy atom. The first kappa shape index (κ1) is 15.4. The zero-order valence-electron chi connectivity index (χ0n) is 10.5. The maximum atomic E-state index is 12.0. The maximum absolute atomic E-state index is 12.0. The van der Waals surface area contributed by atoms with E-state index in [1.807, 2.05) is 26.2 Å². The van der Waals surface area contributed by atoms with E-state index in [4.69, 9.17) is 5.11 Å². The van der Waals surface area contributed by atoms with Gasteiger partial charge in [-0.2, -0.15) is 0 Å². The minimum absolute atomic E-state index is 0.218. The van der Waals surface area contributed by atoms with Crippen LogP contribution in [0.25, 0.3) is 0 Å². The van der Waals surface area contributed by atoms with Crippen molar-refractivity contribution in [3.63, 3.8) is 0 Å². The first-order chi connectivity index (χ1) is 8.32. The predicted molar refractivity (Wildman–Crippen MR) is 80.1 cm³/mol. The molecule has 0 fully saturated rings. The van der Waals surface area contributed by atoms with Crippen LogP contribution in [0.5, 0.6) is 0 Å². The lowest BCUT2D eigenvalue weighted by molar-refractivity contribution is -0.139. The van der Waals surface area contributed by atoms with Gasteiger partial charge in [0.1, 0.15) is 10.9 Å². The quantitative estimate of drug-likeness (QED) is 0.771. The number of carboxylic acids is 1. The average Bonchev–Trinajstić information content (AvgIpc) is 2.58. The molecular weight excluding hydrogens is 365 g/mol. The number of aliphatic carboxylic acids is 1. The molecule has 4 nitrogen and oxygen atoms in total. The van der Waals surface area contributed by atoms with Crippen molar-refractivity contribution < 1.29 is 14.7 Å². The highest BCUT2D eigenvalue weighted by atomic mass is 127. The van der Waals surface area contributed by atoms with E-state index in [1.165, 1.54) is 11.3 Å². The predicted octanol–water partition coefficient (Wildman–Crippen LogP) is 2.89. The lowest BCUT2D eigenvalue weighted by Crippen LogP contribution is -2.41. The van der Waals surface area contributed by atoms with E-state index in [0.29, 0.717) is 11.3 Å². The highest BCUT2D eigenvalue weighted by molar-refractivity contribution is 14.1. The van der Waals surface area contributed by atoms with Crippen LogP contribution in [0.4, 0.5) is 0 Å². The van der Waals surface area contributed by atoms with Crippen LogP contribution in [0.1, 0.15) is 35.5 Å². The molecule has 0 aliphatic heterocycles. The molecule has 18 heavy (non-hydrogen) atoms. The molecule has 0 spiro atoms. The van der Waals surface area contributed by atoms with Gasteiger partial charge in [0, 0.05) is 3.57 Å². The van der Waals surface area contributed by atoms with E-state index < -0.39 is 12.0 Å². The molecule has 1 heterocycles. The van der Waals surface area contributed by atoms with Gasteiger partial charge in [0.25, 0.3) is 5.91 Å². The summed E-state index contributed by atoms with van der Waals surface area (Å²) in [5.74, 6) is -1.07. The number of aryl methyl sites for hydroxylation is 1. The Morgan fingerprint density at radius 1 is 1.50 bits per heavy atom. The van der Waals surface area contributed by atoms with Gasteiger partial charge in [0.15, 0.2) is 0 Å². The van der Waals surface area contributed by atoms with Crippen molar-refractivity contribution in [3.8, 4) is 0 Å². The van der Waals surface area contributed by atoms with Gasteiger partial charge in [-0.3, -0.25) is 4.79 Å². The van der Waals surface area contributed by atoms with Crippen LogP contribution < -0.4 is 5.32 Å². The Balaban J connectivity index is 2.79. The number of hydrogen-bond acceptors (Lipinski definition) is 3. The third kappa shape index (κ3) is 3.94. The van der Waals surface area contributed by atoms with Crippen LogP contribution in [-0.4, -0.2) is 23.0 Å². The monoisotopic (exact) mass is 381 g/mol. The van der Waals surface area contributed by atoms with E-state index in [2.05, 4.69) is 27.9 Å². The zero-order valence-corrected chi connectivity index (χ0v) is 13.5. The van der Waals surface area contributed by atoms with Crippen molar-refractivity contribution >= 4 is 45.8 Å². The number of carbonyl (C=O) groups is 2. The van der Waals surface area contributed by atoms with Gasteiger partial charge in [0.05, 0.1) is 0 Å². The molecule has 0 aliphatic rings. The molecule has 1 amide bonds. The highest BCUT2D eigenvalue weighted by Gasteiger charge is 2.23. The lowest BCUT2D eigenvalue weighted by atomic mass is 10.0. The maximum Gasteiger partial charge on any atom is 0.326 e. The number of carbonyl (C=O) groups excluding carboxylic acids is 1. The molecule has 1 aromatic heterocycles. The first-order valence-electron chi connectivity index (χ1n) is 5.60.